The van der Waals surface area contributed by atoms with Crippen molar-refractivity contribution < 1.29 is 4.79 Å². The summed E-state index contributed by atoms with van der Waals surface area (Å²) in [5.74, 6) is 0. The Hall–Kier alpha value is -1.35. The zero-order valence-electron chi connectivity index (χ0n) is 11.7. The van der Waals surface area contributed by atoms with E-state index in [0.29, 0.717) is 0 Å². The van der Waals surface area contributed by atoms with Gasteiger partial charge in [-0.15, -0.1) is 0 Å². The summed E-state index contributed by atoms with van der Waals surface area (Å²) < 4.78 is 0. The van der Waals surface area contributed by atoms with E-state index in [4.69, 9.17) is 0 Å². The Balaban J connectivity index is 2.23. The molecular weight excluding hydrogens is 224 g/mol. The van der Waals surface area contributed by atoms with Gasteiger partial charge in [0.25, 0.3) is 0 Å². The third-order valence-corrected chi connectivity index (χ3v) is 3.24. The van der Waals surface area contributed by atoms with Gasteiger partial charge in [0, 0.05) is 35.4 Å². The molecule has 1 saturated heterocycles. The first kappa shape index (κ1) is 13.1. The lowest BCUT2D eigenvalue weighted by Crippen LogP contribution is -2.66. The van der Waals surface area contributed by atoms with Crippen LogP contribution in [0.25, 0.3) is 0 Å². The van der Waals surface area contributed by atoms with Crippen LogP contribution < -0.4 is 10.2 Å². The second kappa shape index (κ2) is 4.39. The van der Waals surface area contributed by atoms with Crippen LogP contribution in [0.5, 0.6) is 0 Å². The molecular formula is C15H22N2O. The summed E-state index contributed by atoms with van der Waals surface area (Å²) in [5, 5.41) is 3.66. The maximum absolute atomic E-state index is 10.7. The molecule has 1 aliphatic rings. The van der Waals surface area contributed by atoms with Crippen LogP contribution in [-0.2, 0) is 0 Å². The monoisotopic (exact) mass is 246 g/mol. The molecule has 1 fully saturated rings. The number of rotatable bonds is 2. The Kier molecular flexibility index (Phi) is 3.20. The van der Waals surface area contributed by atoms with Gasteiger partial charge in [-0.05, 0) is 52.0 Å². The fraction of sp³-hybridized carbons (Fsp3) is 0.533. The van der Waals surface area contributed by atoms with Crippen molar-refractivity contribution in [3.8, 4) is 0 Å². The number of hydrogen-bond acceptors (Lipinski definition) is 3. The van der Waals surface area contributed by atoms with Crippen molar-refractivity contribution in [2.45, 2.75) is 38.8 Å². The summed E-state index contributed by atoms with van der Waals surface area (Å²) in [7, 11) is 0. The van der Waals surface area contributed by atoms with E-state index >= 15 is 0 Å². The third kappa shape index (κ3) is 2.91. The molecule has 0 aliphatic carbocycles. The minimum absolute atomic E-state index is 0.0884. The van der Waals surface area contributed by atoms with Gasteiger partial charge < -0.3 is 10.2 Å². The van der Waals surface area contributed by atoms with Crippen LogP contribution in [0.4, 0.5) is 5.69 Å². The van der Waals surface area contributed by atoms with Crippen molar-refractivity contribution in [3.05, 3.63) is 29.8 Å². The number of nitrogens with one attached hydrogen (secondary N) is 1. The van der Waals surface area contributed by atoms with Gasteiger partial charge in [-0.3, -0.25) is 4.79 Å². The molecule has 1 heterocycles. The second-order valence-electron chi connectivity index (χ2n) is 6.46. The van der Waals surface area contributed by atoms with Crippen LogP contribution in [0.2, 0.25) is 0 Å². The molecule has 1 aromatic carbocycles. The SMILES string of the molecule is CC1(C)CN(c2ccc(C=O)cc2)CC(C)(C)N1. The second-order valence-corrected chi connectivity index (χ2v) is 6.46. The highest BCUT2D eigenvalue weighted by atomic mass is 16.1. The van der Waals surface area contributed by atoms with Crippen LogP contribution in [-0.4, -0.2) is 30.5 Å². The molecule has 0 spiro atoms. The highest BCUT2D eigenvalue weighted by Crippen LogP contribution is 2.26. The topological polar surface area (TPSA) is 32.3 Å². The lowest BCUT2D eigenvalue weighted by Gasteiger charge is -2.49. The first-order valence-corrected chi connectivity index (χ1v) is 6.41. The Labute approximate surface area is 109 Å². The van der Waals surface area contributed by atoms with Crippen molar-refractivity contribution in [1.29, 1.82) is 0 Å². The van der Waals surface area contributed by atoms with E-state index in [1.54, 1.807) is 0 Å². The molecule has 3 nitrogen and oxygen atoms in total. The molecule has 0 aromatic heterocycles. The number of anilines is 1. The smallest absolute Gasteiger partial charge is 0.150 e. The fourth-order valence-corrected chi connectivity index (χ4v) is 2.95. The number of piperazine rings is 1. The van der Waals surface area contributed by atoms with Crippen LogP contribution >= 0.6 is 0 Å². The standard InChI is InChI=1S/C15H22N2O/c1-14(2)10-17(11-15(3,4)16-14)13-7-5-12(9-18)6-8-13/h5-9,16H,10-11H2,1-4H3. The van der Waals surface area contributed by atoms with E-state index in [0.717, 1.165) is 24.9 Å². The highest BCUT2D eigenvalue weighted by molar-refractivity contribution is 5.75. The van der Waals surface area contributed by atoms with Gasteiger partial charge in [0.1, 0.15) is 6.29 Å². The number of nitrogens with zero attached hydrogens (tertiary/aromatic N) is 1. The van der Waals surface area contributed by atoms with Crippen molar-refractivity contribution in [2.24, 2.45) is 0 Å². The van der Waals surface area contributed by atoms with Crippen molar-refractivity contribution >= 4 is 12.0 Å². The van der Waals surface area contributed by atoms with E-state index < -0.39 is 0 Å². The van der Waals surface area contributed by atoms with Gasteiger partial charge in [0.05, 0.1) is 0 Å². The van der Waals surface area contributed by atoms with Crippen LogP contribution in [0.1, 0.15) is 38.1 Å². The van der Waals surface area contributed by atoms with Crippen LogP contribution in [0.15, 0.2) is 24.3 Å². The molecule has 0 atom stereocenters. The minimum Gasteiger partial charge on any atom is -0.368 e. The average Bonchev–Trinajstić information content (AvgIpc) is 2.25. The van der Waals surface area contributed by atoms with Crippen molar-refractivity contribution in [1.82, 2.24) is 5.32 Å². The molecule has 0 amide bonds. The molecule has 0 unspecified atom stereocenters. The number of aldehydes is 1. The Morgan fingerprint density at radius 1 is 1.06 bits per heavy atom. The Bertz CT molecular complexity index is 418. The predicted octanol–water partition coefficient (Wildman–Crippen LogP) is 2.47. The van der Waals surface area contributed by atoms with E-state index in [1.807, 2.05) is 24.3 Å². The summed E-state index contributed by atoms with van der Waals surface area (Å²) in [5.41, 5.74) is 2.09. The first-order chi connectivity index (χ1) is 8.31. The molecule has 1 aliphatic heterocycles. The average molecular weight is 246 g/mol. The van der Waals surface area contributed by atoms with Crippen LogP contribution in [0, 0.1) is 0 Å². The maximum atomic E-state index is 10.7. The molecule has 2 rings (SSSR count). The van der Waals surface area contributed by atoms with E-state index in [2.05, 4.69) is 37.9 Å². The summed E-state index contributed by atoms with van der Waals surface area (Å²) >= 11 is 0. The zero-order chi connectivity index (χ0) is 13.4. The number of hydrogen-bond donors (Lipinski definition) is 1. The van der Waals surface area contributed by atoms with Gasteiger partial charge in [-0.25, -0.2) is 0 Å². The molecule has 3 heteroatoms. The molecule has 18 heavy (non-hydrogen) atoms. The van der Waals surface area contributed by atoms with Crippen LogP contribution in [0.3, 0.4) is 0 Å². The lowest BCUT2D eigenvalue weighted by atomic mass is 9.91. The minimum atomic E-state index is 0.0884. The molecule has 98 valence electrons. The lowest BCUT2D eigenvalue weighted by molar-refractivity contribution is 0.112. The highest BCUT2D eigenvalue weighted by Gasteiger charge is 2.36. The van der Waals surface area contributed by atoms with E-state index in [1.165, 1.54) is 5.69 Å². The number of carbonyl (C=O) groups is 1. The number of carbonyl (C=O) groups excluding carboxylic acids is 1. The Morgan fingerprint density at radius 2 is 1.56 bits per heavy atom. The maximum Gasteiger partial charge on any atom is 0.150 e. The largest absolute Gasteiger partial charge is 0.368 e. The summed E-state index contributed by atoms with van der Waals surface area (Å²) in [6.45, 7) is 10.8. The summed E-state index contributed by atoms with van der Waals surface area (Å²) in [6, 6.07) is 7.82. The van der Waals surface area contributed by atoms with Gasteiger partial charge in [-0.1, -0.05) is 0 Å². The van der Waals surface area contributed by atoms with E-state index in [9.17, 15) is 4.79 Å². The summed E-state index contributed by atoms with van der Waals surface area (Å²) in [4.78, 5) is 13.1. The van der Waals surface area contributed by atoms with Gasteiger partial charge >= 0.3 is 0 Å². The van der Waals surface area contributed by atoms with Gasteiger partial charge in [0.2, 0.25) is 0 Å². The van der Waals surface area contributed by atoms with Crippen molar-refractivity contribution in [3.63, 3.8) is 0 Å². The third-order valence-electron chi connectivity index (χ3n) is 3.24. The Morgan fingerprint density at radius 3 is 2.00 bits per heavy atom. The predicted molar refractivity (Wildman–Crippen MR) is 75.3 cm³/mol. The molecule has 1 N–H and O–H groups in total. The molecule has 0 saturated carbocycles. The first-order valence-electron chi connectivity index (χ1n) is 6.41. The van der Waals surface area contributed by atoms with Gasteiger partial charge in [0.15, 0.2) is 0 Å². The zero-order valence-corrected chi connectivity index (χ0v) is 11.7. The molecule has 0 radical (unpaired) electrons. The normalized spacial score (nSPS) is 21.7. The van der Waals surface area contributed by atoms with Gasteiger partial charge in [-0.2, -0.15) is 0 Å². The quantitative estimate of drug-likeness (QED) is 0.814. The fourth-order valence-electron chi connectivity index (χ4n) is 2.95. The summed E-state index contributed by atoms with van der Waals surface area (Å²) in [6.07, 6.45) is 0.884. The number of benzene rings is 1. The molecule has 0 bridgehead atoms. The molecule has 1 aromatic rings. The van der Waals surface area contributed by atoms with E-state index in [-0.39, 0.29) is 11.1 Å². The van der Waals surface area contributed by atoms with Crippen molar-refractivity contribution in [2.75, 3.05) is 18.0 Å².